The Morgan fingerprint density at radius 3 is 3.00 bits per heavy atom. The van der Waals surface area contributed by atoms with Gasteiger partial charge in [-0.25, -0.2) is 15.0 Å². The number of rotatable bonds is 4. The van der Waals surface area contributed by atoms with Crippen molar-refractivity contribution in [2.24, 2.45) is 0 Å². The zero-order valence-electron chi connectivity index (χ0n) is 11.1. The molecule has 0 fully saturated rings. The minimum Gasteiger partial charge on any atom is -0.369 e. The molecule has 0 saturated carbocycles. The van der Waals surface area contributed by atoms with Crippen LogP contribution < -0.4 is 5.32 Å². The summed E-state index contributed by atoms with van der Waals surface area (Å²) in [6.07, 6.45) is 8.23. The van der Waals surface area contributed by atoms with Crippen LogP contribution in [-0.2, 0) is 12.8 Å². The normalized spacial score (nSPS) is 15.8. The van der Waals surface area contributed by atoms with Crippen LogP contribution in [0.2, 0.25) is 0 Å². The first-order chi connectivity index (χ1) is 9.34. The number of thiazole rings is 1. The summed E-state index contributed by atoms with van der Waals surface area (Å²) in [5, 5.41) is 6.68. The van der Waals surface area contributed by atoms with Gasteiger partial charge in [0.1, 0.15) is 12.1 Å². The van der Waals surface area contributed by atoms with Crippen molar-refractivity contribution in [2.75, 3.05) is 11.9 Å². The highest BCUT2D eigenvalue weighted by Crippen LogP contribution is 2.25. The van der Waals surface area contributed by atoms with Gasteiger partial charge in [-0.05, 0) is 25.7 Å². The molecule has 0 radical (unpaired) electrons. The molecular weight excluding hydrogens is 256 g/mol. The topological polar surface area (TPSA) is 50.7 Å². The van der Waals surface area contributed by atoms with E-state index in [9.17, 15) is 0 Å². The quantitative estimate of drug-likeness (QED) is 0.931. The summed E-state index contributed by atoms with van der Waals surface area (Å²) in [6.45, 7) is 3.07. The highest BCUT2D eigenvalue weighted by atomic mass is 32.1. The largest absolute Gasteiger partial charge is 0.369 e. The highest BCUT2D eigenvalue weighted by Gasteiger charge is 2.16. The smallest absolute Gasteiger partial charge is 0.132 e. The number of hydrogen-bond donors (Lipinski definition) is 1. The molecule has 0 amide bonds. The van der Waals surface area contributed by atoms with Gasteiger partial charge in [0.15, 0.2) is 0 Å². The second-order valence-electron chi connectivity index (χ2n) is 5.01. The van der Waals surface area contributed by atoms with Crippen molar-refractivity contribution in [2.45, 2.75) is 38.5 Å². The van der Waals surface area contributed by atoms with Gasteiger partial charge in [-0.1, -0.05) is 6.92 Å². The zero-order chi connectivity index (χ0) is 13.1. The fourth-order valence-corrected chi connectivity index (χ4v) is 3.19. The molecule has 1 aliphatic carbocycles. The van der Waals surface area contributed by atoms with Gasteiger partial charge in [-0.15, -0.1) is 11.3 Å². The van der Waals surface area contributed by atoms with E-state index in [4.69, 9.17) is 0 Å². The van der Waals surface area contributed by atoms with Crippen molar-refractivity contribution < 1.29 is 0 Å². The van der Waals surface area contributed by atoms with Crippen molar-refractivity contribution in [3.8, 4) is 0 Å². The monoisotopic (exact) mass is 274 g/mol. The van der Waals surface area contributed by atoms with Gasteiger partial charge in [-0.2, -0.15) is 0 Å². The molecule has 4 nitrogen and oxygen atoms in total. The second-order valence-corrected chi connectivity index (χ2v) is 5.93. The minimum absolute atomic E-state index is 0.411. The number of nitrogens with one attached hydrogen (secondary N) is 1. The summed E-state index contributed by atoms with van der Waals surface area (Å²) in [5.41, 5.74) is 2.55. The minimum atomic E-state index is 0.411. The standard InChI is InChI=1S/C14H18N4S/c1-10(14-15-6-7-19-14)8-16-13-11-4-2-3-5-12(11)17-9-18-13/h6-7,9-10H,2-5,8H2,1H3,(H,16,17,18). The zero-order valence-corrected chi connectivity index (χ0v) is 11.9. The number of nitrogens with zero attached hydrogens (tertiary/aromatic N) is 3. The van der Waals surface area contributed by atoms with Crippen LogP contribution in [-0.4, -0.2) is 21.5 Å². The third-order valence-corrected chi connectivity index (χ3v) is 4.58. The van der Waals surface area contributed by atoms with E-state index in [-0.39, 0.29) is 0 Å². The van der Waals surface area contributed by atoms with Crippen molar-refractivity contribution in [1.29, 1.82) is 0 Å². The summed E-state index contributed by atoms with van der Waals surface area (Å²) < 4.78 is 0. The van der Waals surface area contributed by atoms with Crippen LogP contribution in [0.15, 0.2) is 17.9 Å². The maximum absolute atomic E-state index is 4.41. The molecule has 0 saturated heterocycles. The van der Waals surface area contributed by atoms with Crippen molar-refractivity contribution in [3.63, 3.8) is 0 Å². The molecule has 5 heteroatoms. The lowest BCUT2D eigenvalue weighted by Gasteiger charge is -2.19. The molecule has 2 aromatic heterocycles. The Hall–Kier alpha value is -1.49. The summed E-state index contributed by atoms with van der Waals surface area (Å²) in [6, 6.07) is 0. The molecule has 0 aromatic carbocycles. The van der Waals surface area contributed by atoms with Crippen LogP contribution in [0, 0.1) is 0 Å². The van der Waals surface area contributed by atoms with Crippen LogP contribution in [0.25, 0.3) is 0 Å². The molecule has 1 N–H and O–H groups in total. The molecule has 0 aliphatic heterocycles. The maximum Gasteiger partial charge on any atom is 0.132 e. The van der Waals surface area contributed by atoms with E-state index in [0.29, 0.717) is 5.92 Å². The van der Waals surface area contributed by atoms with E-state index in [2.05, 4.69) is 27.2 Å². The Bertz CT molecular complexity index is 538. The number of aryl methyl sites for hydroxylation is 1. The van der Waals surface area contributed by atoms with Crippen LogP contribution in [0.5, 0.6) is 0 Å². The van der Waals surface area contributed by atoms with Gasteiger partial charge >= 0.3 is 0 Å². The Balaban J connectivity index is 1.70. The summed E-state index contributed by atoms with van der Waals surface area (Å²) in [7, 11) is 0. The molecule has 2 heterocycles. The van der Waals surface area contributed by atoms with E-state index in [1.165, 1.54) is 29.1 Å². The first-order valence-electron chi connectivity index (χ1n) is 6.80. The Morgan fingerprint density at radius 1 is 1.26 bits per heavy atom. The molecule has 19 heavy (non-hydrogen) atoms. The van der Waals surface area contributed by atoms with E-state index in [1.807, 2.05) is 11.6 Å². The number of fused-ring (bicyclic) bond motifs is 1. The SMILES string of the molecule is CC(CNc1ncnc2c1CCCC2)c1nccs1. The molecule has 0 spiro atoms. The fourth-order valence-electron chi connectivity index (χ4n) is 2.49. The van der Waals surface area contributed by atoms with Gasteiger partial charge in [0.25, 0.3) is 0 Å². The fraction of sp³-hybridized carbons (Fsp3) is 0.500. The van der Waals surface area contributed by atoms with Gasteiger partial charge in [0.05, 0.1) is 5.01 Å². The Morgan fingerprint density at radius 2 is 2.16 bits per heavy atom. The number of aromatic nitrogens is 3. The third kappa shape index (κ3) is 2.76. The highest BCUT2D eigenvalue weighted by molar-refractivity contribution is 7.09. The van der Waals surface area contributed by atoms with E-state index >= 15 is 0 Å². The number of hydrogen-bond acceptors (Lipinski definition) is 5. The first kappa shape index (κ1) is 12.5. The summed E-state index contributed by atoms with van der Waals surface area (Å²) in [5.74, 6) is 1.43. The van der Waals surface area contributed by atoms with Crippen LogP contribution in [0.4, 0.5) is 5.82 Å². The predicted molar refractivity (Wildman–Crippen MR) is 77.7 cm³/mol. The third-order valence-electron chi connectivity index (χ3n) is 3.57. The van der Waals surface area contributed by atoms with Crippen molar-refractivity contribution in [3.05, 3.63) is 34.2 Å². The van der Waals surface area contributed by atoms with Crippen LogP contribution in [0.1, 0.15) is 41.9 Å². The van der Waals surface area contributed by atoms with E-state index < -0.39 is 0 Å². The Labute approximate surface area is 117 Å². The molecule has 1 atom stereocenters. The average molecular weight is 274 g/mol. The first-order valence-corrected chi connectivity index (χ1v) is 7.68. The molecular formula is C14H18N4S. The van der Waals surface area contributed by atoms with Gasteiger partial charge in [0.2, 0.25) is 0 Å². The molecule has 100 valence electrons. The average Bonchev–Trinajstić information content (AvgIpc) is 2.99. The molecule has 2 aromatic rings. The van der Waals surface area contributed by atoms with Crippen molar-refractivity contribution in [1.82, 2.24) is 15.0 Å². The van der Waals surface area contributed by atoms with Gasteiger partial charge < -0.3 is 5.32 Å². The second kappa shape index (κ2) is 5.65. The molecule has 1 unspecified atom stereocenters. The summed E-state index contributed by atoms with van der Waals surface area (Å²) >= 11 is 1.71. The number of anilines is 1. The van der Waals surface area contributed by atoms with Crippen LogP contribution >= 0.6 is 11.3 Å². The van der Waals surface area contributed by atoms with Gasteiger partial charge in [0, 0.05) is 35.3 Å². The van der Waals surface area contributed by atoms with E-state index in [0.717, 1.165) is 25.2 Å². The van der Waals surface area contributed by atoms with E-state index in [1.54, 1.807) is 17.7 Å². The summed E-state index contributed by atoms with van der Waals surface area (Å²) in [4.78, 5) is 13.2. The Kier molecular flexibility index (Phi) is 3.73. The lowest BCUT2D eigenvalue weighted by molar-refractivity contribution is 0.662. The van der Waals surface area contributed by atoms with Gasteiger partial charge in [-0.3, -0.25) is 0 Å². The lowest BCUT2D eigenvalue weighted by Crippen LogP contribution is -2.15. The molecule has 0 bridgehead atoms. The van der Waals surface area contributed by atoms with Crippen molar-refractivity contribution >= 4 is 17.2 Å². The maximum atomic E-state index is 4.41. The lowest BCUT2D eigenvalue weighted by atomic mass is 9.96. The molecule has 3 rings (SSSR count). The van der Waals surface area contributed by atoms with Crippen LogP contribution in [0.3, 0.4) is 0 Å². The molecule has 1 aliphatic rings. The predicted octanol–water partition coefficient (Wildman–Crippen LogP) is 3.03.